The lowest BCUT2D eigenvalue weighted by molar-refractivity contribution is -0.128. The molecule has 2 amide bonds. The molecule has 0 radical (unpaired) electrons. The number of ether oxygens (including phenoxy) is 1. The second kappa shape index (κ2) is 9.00. The van der Waals surface area contributed by atoms with Crippen LogP contribution in [0, 0.1) is 0 Å². The first kappa shape index (κ1) is 17.0. The van der Waals surface area contributed by atoms with Gasteiger partial charge in [-0.3, -0.25) is 9.59 Å². The van der Waals surface area contributed by atoms with Crippen molar-refractivity contribution in [2.45, 2.75) is 26.7 Å². The lowest BCUT2D eigenvalue weighted by atomic mass is 10.2. The standard InChI is InChI=1S/C16H24N2O3/c1-4-6-11-18(3)15(19)12-17-16(20)13-9-7-8-10-14(13)21-5-2/h7-10H,4-6,11-12H2,1-3H3,(H,17,20). The summed E-state index contributed by atoms with van der Waals surface area (Å²) in [5, 5.41) is 2.64. The number of unbranched alkanes of at least 4 members (excludes halogenated alkanes) is 1. The number of nitrogens with zero attached hydrogens (tertiary/aromatic N) is 1. The second-order valence-electron chi connectivity index (χ2n) is 4.78. The predicted octanol–water partition coefficient (Wildman–Crippen LogP) is 2.07. The van der Waals surface area contributed by atoms with Gasteiger partial charge in [0.2, 0.25) is 5.91 Å². The highest BCUT2D eigenvalue weighted by Gasteiger charge is 2.14. The second-order valence-corrected chi connectivity index (χ2v) is 4.78. The van der Waals surface area contributed by atoms with Crippen LogP contribution in [0.2, 0.25) is 0 Å². The molecule has 0 saturated carbocycles. The molecule has 0 aliphatic heterocycles. The highest BCUT2D eigenvalue weighted by Crippen LogP contribution is 2.17. The Morgan fingerprint density at radius 2 is 1.95 bits per heavy atom. The third kappa shape index (κ3) is 5.45. The fourth-order valence-corrected chi connectivity index (χ4v) is 1.84. The highest BCUT2D eigenvalue weighted by atomic mass is 16.5. The lowest BCUT2D eigenvalue weighted by Gasteiger charge is -2.17. The summed E-state index contributed by atoms with van der Waals surface area (Å²) in [6.45, 7) is 5.13. The Hall–Kier alpha value is -2.04. The summed E-state index contributed by atoms with van der Waals surface area (Å²) in [6, 6.07) is 7.01. The zero-order valence-electron chi connectivity index (χ0n) is 13.0. The molecule has 0 bridgehead atoms. The number of rotatable bonds is 8. The number of hydrogen-bond donors (Lipinski definition) is 1. The maximum Gasteiger partial charge on any atom is 0.255 e. The van der Waals surface area contributed by atoms with E-state index in [0.717, 1.165) is 12.8 Å². The normalized spacial score (nSPS) is 10.0. The van der Waals surface area contributed by atoms with Crippen LogP contribution in [0.3, 0.4) is 0 Å². The number of hydrogen-bond acceptors (Lipinski definition) is 3. The van der Waals surface area contributed by atoms with Crippen LogP contribution in [0.15, 0.2) is 24.3 Å². The fraction of sp³-hybridized carbons (Fsp3) is 0.500. The predicted molar refractivity (Wildman–Crippen MR) is 82.5 cm³/mol. The monoisotopic (exact) mass is 292 g/mol. The Labute approximate surface area is 126 Å². The van der Waals surface area contributed by atoms with E-state index in [4.69, 9.17) is 4.74 Å². The number of amides is 2. The van der Waals surface area contributed by atoms with Gasteiger partial charge in [0.25, 0.3) is 5.91 Å². The third-order valence-electron chi connectivity index (χ3n) is 3.10. The summed E-state index contributed by atoms with van der Waals surface area (Å²) in [6.07, 6.45) is 2.00. The van der Waals surface area contributed by atoms with E-state index in [1.165, 1.54) is 0 Å². The topological polar surface area (TPSA) is 58.6 Å². The number of carbonyl (C=O) groups is 2. The summed E-state index contributed by atoms with van der Waals surface area (Å²) >= 11 is 0. The number of likely N-dealkylation sites (N-methyl/N-ethyl adjacent to an activating group) is 1. The van der Waals surface area contributed by atoms with Crippen molar-refractivity contribution in [3.8, 4) is 5.75 Å². The van der Waals surface area contributed by atoms with Crippen LogP contribution in [0.5, 0.6) is 5.75 Å². The van der Waals surface area contributed by atoms with Crippen molar-refractivity contribution in [2.75, 3.05) is 26.7 Å². The molecule has 116 valence electrons. The van der Waals surface area contributed by atoms with E-state index in [1.807, 2.05) is 13.0 Å². The molecule has 0 aromatic heterocycles. The average molecular weight is 292 g/mol. The van der Waals surface area contributed by atoms with E-state index in [2.05, 4.69) is 12.2 Å². The fourth-order valence-electron chi connectivity index (χ4n) is 1.84. The largest absolute Gasteiger partial charge is 0.493 e. The number of para-hydroxylation sites is 1. The number of carbonyl (C=O) groups excluding carboxylic acids is 2. The van der Waals surface area contributed by atoms with Crippen LogP contribution >= 0.6 is 0 Å². The molecule has 0 atom stereocenters. The smallest absolute Gasteiger partial charge is 0.255 e. The van der Waals surface area contributed by atoms with E-state index in [-0.39, 0.29) is 18.4 Å². The van der Waals surface area contributed by atoms with Crippen molar-refractivity contribution >= 4 is 11.8 Å². The van der Waals surface area contributed by atoms with Crippen LogP contribution in [-0.2, 0) is 4.79 Å². The van der Waals surface area contributed by atoms with Crippen molar-refractivity contribution < 1.29 is 14.3 Å². The molecule has 5 heteroatoms. The molecule has 0 aliphatic carbocycles. The molecule has 5 nitrogen and oxygen atoms in total. The minimum atomic E-state index is -0.295. The molecule has 0 fully saturated rings. The van der Waals surface area contributed by atoms with Gasteiger partial charge in [0, 0.05) is 13.6 Å². The molecule has 0 saturated heterocycles. The minimum Gasteiger partial charge on any atom is -0.493 e. The SMILES string of the molecule is CCCCN(C)C(=O)CNC(=O)c1ccccc1OCC. The van der Waals surface area contributed by atoms with Gasteiger partial charge in [-0.05, 0) is 25.5 Å². The molecule has 0 spiro atoms. The van der Waals surface area contributed by atoms with Gasteiger partial charge in [-0.25, -0.2) is 0 Å². The molecule has 0 heterocycles. The van der Waals surface area contributed by atoms with Gasteiger partial charge in [-0.2, -0.15) is 0 Å². The van der Waals surface area contributed by atoms with Crippen molar-refractivity contribution in [3.63, 3.8) is 0 Å². The minimum absolute atomic E-state index is 0.000489. The van der Waals surface area contributed by atoms with Crippen LogP contribution in [-0.4, -0.2) is 43.5 Å². The van der Waals surface area contributed by atoms with Gasteiger partial charge in [0.15, 0.2) is 0 Å². The Bertz CT molecular complexity index is 474. The number of nitrogens with one attached hydrogen (secondary N) is 1. The third-order valence-corrected chi connectivity index (χ3v) is 3.10. The van der Waals surface area contributed by atoms with Crippen molar-refractivity contribution in [1.29, 1.82) is 0 Å². The molecule has 0 unspecified atom stereocenters. The Kier molecular flexibility index (Phi) is 7.29. The summed E-state index contributed by atoms with van der Waals surface area (Å²) in [5.41, 5.74) is 0.448. The van der Waals surface area contributed by atoms with Crippen LogP contribution in [0.25, 0.3) is 0 Å². The molecule has 1 aromatic carbocycles. The zero-order chi connectivity index (χ0) is 15.7. The molecular weight excluding hydrogens is 268 g/mol. The average Bonchev–Trinajstić information content (AvgIpc) is 2.50. The molecular formula is C16H24N2O3. The van der Waals surface area contributed by atoms with Crippen LogP contribution in [0.4, 0.5) is 0 Å². The Balaban J connectivity index is 2.56. The lowest BCUT2D eigenvalue weighted by Crippen LogP contribution is -2.38. The van der Waals surface area contributed by atoms with Crippen molar-refractivity contribution in [1.82, 2.24) is 10.2 Å². The molecule has 1 aromatic rings. The first-order valence-corrected chi connectivity index (χ1v) is 7.34. The van der Waals surface area contributed by atoms with E-state index in [9.17, 15) is 9.59 Å². The van der Waals surface area contributed by atoms with Crippen molar-refractivity contribution in [3.05, 3.63) is 29.8 Å². The number of benzene rings is 1. The van der Waals surface area contributed by atoms with E-state index in [0.29, 0.717) is 24.5 Å². The van der Waals surface area contributed by atoms with Crippen LogP contribution < -0.4 is 10.1 Å². The molecule has 1 N–H and O–H groups in total. The first-order chi connectivity index (χ1) is 10.1. The Morgan fingerprint density at radius 1 is 1.24 bits per heavy atom. The van der Waals surface area contributed by atoms with Gasteiger partial charge in [-0.1, -0.05) is 25.5 Å². The van der Waals surface area contributed by atoms with Gasteiger partial charge in [-0.15, -0.1) is 0 Å². The van der Waals surface area contributed by atoms with Gasteiger partial charge in [0.05, 0.1) is 18.7 Å². The van der Waals surface area contributed by atoms with Crippen molar-refractivity contribution in [2.24, 2.45) is 0 Å². The first-order valence-electron chi connectivity index (χ1n) is 7.34. The summed E-state index contributed by atoms with van der Waals surface area (Å²) < 4.78 is 5.41. The summed E-state index contributed by atoms with van der Waals surface area (Å²) in [5.74, 6) is 0.145. The summed E-state index contributed by atoms with van der Waals surface area (Å²) in [4.78, 5) is 25.6. The molecule has 21 heavy (non-hydrogen) atoms. The van der Waals surface area contributed by atoms with Gasteiger partial charge in [0.1, 0.15) is 5.75 Å². The van der Waals surface area contributed by atoms with Gasteiger partial charge < -0.3 is 15.0 Å². The van der Waals surface area contributed by atoms with Crippen LogP contribution in [0.1, 0.15) is 37.0 Å². The maximum atomic E-state index is 12.1. The van der Waals surface area contributed by atoms with E-state index < -0.39 is 0 Å². The maximum absolute atomic E-state index is 12.1. The van der Waals surface area contributed by atoms with Gasteiger partial charge >= 0.3 is 0 Å². The zero-order valence-corrected chi connectivity index (χ0v) is 13.0. The van der Waals surface area contributed by atoms with E-state index in [1.54, 1.807) is 30.1 Å². The Morgan fingerprint density at radius 3 is 2.62 bits per heavy atom. The highest BCUT2D eigenvalue weighted by molar-refractivity contribution is 5.98. The van der Waals surface area contributed by atoms with E-state index >= 15 is 0 Å². The summed E-state index contributed by atoms with van der Waals surface area (Å²) in [7, 11) is 1.75. The molecule has 1 rings (SSSR count). The molecule has 0 aliphatic rings. The quantitative estimate of drug-likeness (QED) is 0.798.